The molecule has 2 heteroatoms. The lowest BCUT2D eigenvalue weighted by Crippen LogP contribution is -2.25. The van der Waals surface area contributed by atoms with Crippen molar-refractivity contribution in [3.8, 4) is 0 Å². The molecule has 2 saturated carbocycles. The van der Waals surface area contributed by atoms with Gasteiger partial charge < -0.3 is 5.32 Å². The van der Waals surface area contributed by atoms with Gasteiger partial charge in [-0.15, -0.1) is 0 Å². The van der Waals surface area contributed by atoms with Gasteiger partial charge in [-0.3, -0.25) is 0 Å². The normalized spacial score (nSPS) is 31.1. The molecule has 2 fully saturated rings. The zero-order chi connectivity index (χ0) is 12.5. The fourth-order valence-corrected chi connectivity index (χ4v) is 4.08. The zero-order valence-corrected chi connectivity index (χ0v) is 12.6. The summed E-state index contributed by atoms with van der Waals surface area (Å²) in [4.78, 5) is 0. The van der Waals surface area contributed by atoms with Crippen LogP contribution < -0.4 is 5.32 Å². The fraction of sp³-hybridized carbons (Fsp3) is 0.625. The first-order valence-corrected chi connectivity index (χ1v) is 8.09. The van der Waals surface area contributed by atoms with Crippen LogP contribution in [0, 0.1) is 17.8 Å². The molecule has 2 aliphatic rings. The summed E-state index contributed by atoms with van der Waals surface area (Å²) in [6.45, 7) is 3.38. The molecule has 1 aromatic carbocycles. The van der Waals surface area contributed by atoms with Gasteiger partial charge in [-0.1, -0.05) is 41.4 Å². The molecule has 0 aliphatic heterocycles. The van der Waals surface area contributed by atoms with Crippen molar-refractivity contribution in [2.24, 2.45) is 17.8 Å². The highest BCUT2D eigenvalue weighted by atomic mass is 79.9. The predicted molar refractivity (Wildman–Crippen MR) is 79.5 cm³/mol. The Kier molecular flexibility index (Phi) is 3.76. The summed E-state index contributed by atoms with van der Waals surface area (Å²) in [6, 6.07) is 9.51. The van der Waals surface area contributed by atoms with Crippen LogP contribution >= 0.6 is 15.9 Å². The molecule has 3 atom stereocenters. The van der Waals surface area contributed by atoms with Gasteiger partial charge >= 0.3 is 0 Å². The van der Waals surface area contributed by atoms with Gasteiger partial charge in [-0.05, 0) is 61.3 Å². The molecule has 0 spiro atoms. The standard InChI is InChI=1S/C16H22BrN/c1-2-10-18-16(11-6-8-12(17)9-7-11)15-13-4-3-5-14(13)15/h6-9,13-16,18H,2-5,10H2,1H3. The highest BCUT2D eigenvalue weighted by molar-refractivity contribution is 9.10. The number of fused-ring (bicyclic) bond motifs is 1. The molecule has 0 heterocycles. The molecule has 2 aliphatic carbocycles. The lowest BCUT2D eigenvalue weighted by molar-refractivity contribution is 0.417. The summed E-state index contributed by atoms with van der Waals surface area (Å²) >= 11 is 3.53. The number of hydrogen-bond donors (Lipinski definition) is 1. The Hall–Kier alpha value is -0.340. The SMILES string of the molecule is CCCNC(c1ccc(Br)cc1)C1C2CCCC21. The van der Waals surface area contributed by atoms with Gasteiger partial charge in [-0.25, -0.2) is 0 Å². The number of hydrogen-bond acceptors (Lipinski definition) is 1. The highest BCUT2D eigenvalue weighted by Gasteiger charge is 2.55. The lowest BCUT2D eigenvalue weighted by atomic mass is 9.97. The molecule has 0 bridgehead atoms. The molecule has 1 nitrogen and oxygen atoms in total. The Labute approximate surface area is 118 Å². The second-order valence-electron chi connectivity index (χ2n) is 5.82. The van der Waals surface area contributed by atoms with Gasteiger partial charge in [0.2, 0.25) is 0 Å². The van der Waals surface area contributed by atoms with Gasteiger partial charge in [0.05, 0.1) is 0 Å². The minimum absolute atomic E-state index is 0.591. The lowest BCUT2D eigenvalue weighted by Gasteiger charge is -2.21. The average molecular weight is 308 g/mol. The van der Waals surface area contributed by atoms with E-state index in [1.54, 1.807) is 0 Å². The first-order chi connectivity index (χ1) is 8.81. The zero-order valence-electron chi connectivity index (χ0n) is 11.0. The Balaban J connectivity index is 1.75. The first kappa shape index (κ1) is 12.7. The molecule has 0 saturated heterocycles. The molecule has 1 N–H and O–H groups in total. The summed E-state index contributed by atoms with van der Waals surface area (Å²) in [5.74, 6) is 2.94. The van der Waals surface area contributed by atoms with Crippen molar-refractivity contribution >= 4 is 15.9 Å². The van der Waals surface area contributed by atoms with E-state index < -0.39 is 0 Å². The van der Waals surface area contributed by atoms with E-state index in [1.165, 1.54) is 35.7 Å². The number of benzene rings is 1. The van der Waals surface area contributed by atoms with E-state index in [2.05, 4.69) is 52.4 Å². The summed E-state index contributed by atoms with van der Waals surface area (Å²) in [5, 5.41) is 3.78. The highest BCUT2D eigenvalue weighted by Crippen LogP contribution is 2.62. The summed E-state index contributed by atoms with van der Waals surface area (Å²) in [7, 11) is 0. The monoisotopic (exact) mass is 307 g/mol. The van der Waals surface area contributed by atoms with Crippen molar-refractivity contribution < 1.29 is 0 Å². The summed E-state index contributed by atoms with van der Waals surface area (Å²) in [5.41, 5.74) is 1.48. The third kappa shape index (κ3) is 2.37. The van der Waals surface area contributed by atoms with Gasteiger partial charge in [0, 0.05) is 10.5 Å². The van der Waals surface area contributed by atoms with Crippen molar-refractivity contribution in [2.75, 3.05) is 6.54 Å². The van der Waals surface area contributed by atoms with Crippen molar-refractivity contribution in [3.05, 3.63) is 34.3 Å². The number of rotatable bonds is 5. The van der Waals surface area contributed by atoms with Crippen LogP contribution in [0.4, 0.5) is 0 Å². The molecular weight excluding hydrogens is 286 g/mol. The molecule has 98 valence electrons. The smallest absolute Gasteiger partial charge is 0.0354 e. The second kappa shape index (κ2) is 5.34. The summed E-state index contributed by atoms with van der Waals surface area (Å²) in [6.07, 6.45) is 5.62. The van der Waals surface area contributed by atoms with E-state index in [4.69, 9.17) is 0 Å². The minimum atomic E-state index is 0.591. The first-order valence-electron chi connectivity index (χ1n) is 7.30. The van der Waals surface area contributed by atoms with Crippen LogP contribution in [0.25, 0.3) is 0 Å². The van der Waals surface area contributed by atoms with Crippen molar-refractivity contribution in [1.82, 2.24) is 5.32 Å². The van der Waals surface area contributed by atoms with Crippen LogP contribution in [-0.2, 0) is 0 Å². The molecule has 0 aromatic heterocycles. The maximum atomic E-state index is 3.78. The van der Waals surface area contributed by atoms with Crippen LogP contribution in [0.5, 0.6) is 0 Å². The van der Waals surface area contributed by atoms with Crippen molar-refractivity contribution in [2.45, 2.75) is 38.6 Å². The van der Waals surface area contributed by atoms with Gasteiger partial charge in [0.25, 0.3) is 0 Å². The topological polar surface area (TPSA) is 12.0 Å². The van der Waals surface area contributed by atoms with E-state index in [-0.39, 0.29) is 0 Å². The molecule has 1 aromatic rings. The van der Waals surface area contributed by atoms with E-state index in [0.717, 1.165) is 24.3 Å². The van der Waals surface area contributed by atoms with Crippen LogP contribution in [0.3, 0.4) is 0 Å². The molecule has 0 radical (unpaired) electrons. The Morgan fingerprint density at radius 1 is 1.22 bits per heavy atom. The summed E-state index contributed by atoms with van der Waals surface area (Å²) < 4.78 is 1.18. The molecular formula is C16H22BrN. The molecule has 3 rings (SSSR count). The third-order valence-corrected chi connectivity index (χ3v) is 5.23. The fourth-order valence-electron chi connectivity index (χ4n) is 3.82. The van der Waals surface area contributed by atoms with Crippen LogP contribution in [-0.4, -0.2) is 6.54 Å². The van der Waals surface area contributed by atoms with E-state index in [1.807, 2.05) is 0 Å². The predicted octanol–water partition coefficient (Wildman–Crippen LogP) is 4.54. The largest absolute Gasteiger partial charge is 0.310 e. The van der Waals surface area contributed by atoms with Crippen LogP contribution in [0.2, 0.25) is 0 Å². The minimum Gasteiger partial charge on any atom is -0.310 e. The second-order valence-corrected chi connectivity index (χ2v) is 6.73. The average Bonchev–Trinajstić information content (AvgIpc) is 2.85. The Morgan fingerprint density at radius 2 is 1.89 bits per heavy atom. The number of halogens is 1. The van der Waals surface area contributed by atoms with Crippen molar-refractivity contribution in [1.29, 1.82) is 0 Å². The van der Waals surface area contributed by atoms with Crippen LogP contribution in [0.15, 0.2) is 28.7 Å². The molecule has 3 unspecified atom stereocenters. The van der Waals surface area contributed by atoms with E-state index in [9.17, 15) is 0 Å². The quantitative estimate of drug-likeness (QED) is 0.842. The maximum absolute atomic E-state index is 3.78. The van der Waals surface area contributed by atoms with Gasteiger partial charge in [0.15, 0.2) is 0 Å². The van der Waals surface area contributed by atoms with E-state index in [0.29, 0.717) is 6.04 Å². The van der Waals surface area contributed by atoms with E-state index >= 15 is 0 Å². The molecule has 0 amide bonds. The molecule has 18 heavy (non-hydrogen) atoms. The van der Waals surface area contributed by atoms with Crippen molar-refractivity contribution in [3.63, 3.8) is 0 Å². The van der Waals surface area contributed by atoms with Crippen LogP contribution in [0.1, 0.15) is 44.2 Å². The maximum Gasteiger partial charge on any atom is 0.0354 e. The third-order valence-electron chi connectivity index (χ3n) is 4.70. The Bertz CT molecular complexity index is 390. The van der Waals surface area contributed by atoms with Gasteiger partial charge in [0.1, 0.15) is 0 Å². The number of nitrogens with one attached hydrogen (secondary N) is 1. The Morgan fingerprint density at radius 3 is 2.50 bits per heavy atom. The van der Waals surface area contributed by atoms with Gasteiger partial charge in [-0.2, -0.15) is 0 Å².